The highest BCUT2D eigenvalue weighted by Crippen LogP contribution is 2.23. The number of carbonyl (C=O) groups is 1. The lowest BCUT2D eigenvalue weighted by molar-refractivity contribution is -0.119. The summed E-state index contributed by atoms with van der Waals surface area (Å²) in [6.07, 6.45) is 5.33. The number of rotatable bonds is 5. The molecule has 0 bridgehead atoms. The minimum absolute atomic E-state index is 0.695. The van der Waals surface area contributed by atoms with Crippen molar-refractivity contribution in [1.29, 1.82) is 0 Å². The van der Waals surface area contributed by atoms with Gasteiger partial charge < -0.3 is 4.90 Å². The van der Waals surface area contributed by atoms with Crippen molar-refractivity contribution in [3.8, 4) is 5.69 Å². The molecule has 0 aliphatic carbocycles. The SMILES string of the molecule is Cc1cc(CCC2CCN(C=O)CC2)n(-c2ccc(Cl)cc2)n1. The summed E-state index contributed by atoms with van der Waals surface area (Å²) in [6.45, 7) is 3.81. The van der Waals surface area contributed by atoms with Gasteiger partial charge in [-0.15, -0.1) is 0 Å². The quantitative estimate of drug-likeness (QED) is 0.785. The molecule has 23 heavy (non-hydrogen) atoms. The van der Waals surface area contributed by atoms with Gasteiger partial charge in [-0.3, -0.25) is 4.79 Å². The Morgan fingerprint density at radius 3 is 2.61 bits per heavy atom. The summed E-state index contributed by atoms with van der Waals surface area (Å²) < 4.78 is 2.02. The zero-order valence-electron chi connectivity index (χ0n) is 13.4. The fraction of sp³-hybridized carbons (Fsp3) is 0.444. The molecule has 1 aliphatic rings. The third-order valence-corrected chi connectivity index (χ3v) is 4.84. The summed E-state index contributed by atoms with van der Waals surface area (Å²) in [4.78, 5) is 12.7. The molecule has 0 unspecified atom stereocenters. The van der Waals surface area contributed by atoms with Gasteiger partial charge >= 0.3 is 0 Å². The van der Waals surface area contributed by atoms with E-state index in [0.29, 0.717) is 5.92 Å². The molecule has 5 heteroatoms. The number of amides is 1. The summed E-state index contributed by atoms with van der Waals surface area (Å²) in [6, 6.07) is 9.95. The smallest absolute Gasteiger partial charge is 0.209 e. The number of nitrogens with zero attached hydrogens (tertiary/aromatic N) is 3. The largest absolute Gasteiger partial charge is 0.345 e. The van der Waals surface area contributed by atoms with Crippen LogP contribution in [0.3, 0.4) is 0 Å². The highest BCUT2D eigenvalue weighted by Gasteiger charge is 2.18. The second-order valence-corrected chi connectivity index (χ2v) is 6.73. The van der Waals surface area contributed by atoms with E-state index in [1.54, 1.807) is 0 Å². The van der Waals surface area contributed by atoms with Crippen LogP contribution in [-0.2, 0) is 11.2 Å². The lowest BCUT2D eigenvalue weighted by atomic mass is 9.92. The van der Waals surface area contributed by atoms with Crippen LogP contribution in [0, 0.1) is 12.8 Å². The molecule has 3 rings (SSSR count). The van der Waals surface area contributed by atoms with Crippen molar-refractivity contribution in [3.05, 3.63) is 46.7 Å². The van der Waals surface area contributed by atoms with E-state index in [1.807, 2.05) is 40.8 Å². The minimum atomic E-state index is 0.695. The molecule has 1 aromatic carbocycles. The number of piperidine rings is 1. The molecule has 1 amide bonds. The zero-order valence-corrected chi connectivity index (χ0v) is 14.2. The van der Waals surface area contributed by atoms with E-state index in [1.165, 1.54) is 5.69 Å². The van der Waals surface area contributed by atoms with Crippen molar-refractivity contribution in [1.82, 2.24) is 14.7 Å². The Balaban J connectivity index is 1.66. The standard InChI is InChI=1S/C18H22ClN3O/c1-14-12-18(5-2-15-8-10-21(13-23)11-9-15)22(20-14)17-6-3-16(19)4-7-17/h3-4,6-7,12-13,15H,2,5,8-11H2,1H3. The van der Waals surface area contributed by atoms with Gasteiger partial charge in [-0.25, -0.2) is 4.68 Å². The zero-order chi connectivity index (χ0) is 16.2. The number of aromatic nitrogens is 2. The fourth-order valence-electron chi connectivity index (χ4n) is 3.24. The molecule has 0 saturated carbocycles. The van der Waals surface area contributed by atoms with Crippen molar-refractivity contribution in [2.75, 3.05) is 13.1 Å². The molecule has 1 fully saturated rings. The molecule has 122 valence electrons. The first-order valence-electron chi connectivity index (χ1n) is 8.16. The van der Waals surface area contributed by atoms with Gasteiger partial charge in [-0.05, 0) is 68.9 Å². The lowest BCUT2D eigenvalue weighted by Gasteiger charge is -2.29. The molecule has 2 heterocycles. The van der Waals surface area contributed by atoms with Gasteiger partial charge in [0.15, 0.2) is 0 Å². The molecule has 1 aromatic heterocycles. The van der Waals surface area contributed by atoms with Crippen LogP contribution < -0.4 is 0 Å². The van der Waals surface area contributed by atoms with Crippen LogP contribution in [0.5, 0.6) is 0 Å². The molecular weight excluding hydrogens is 310 g/mol. The van der Waals surface area contributed by atoms with Crippen molar-refractivity contribution < 1.29 is 4.79 Å². The van der Waals surface area contributed by atoms with Crippen molar-refractivity contribution in [3.63, 3.8) is 0 Å². The summed E-state index contributed by atoms with van der Waals surface area (Å²) in [5, 5.41) is 5.36. The molecule has 2 aromatic rings. The Kier molecular flexibility index (Phi) is 5.01. The molecule has 0 N–H and O–H groups in total. The van der Waals surface area contributed by atoms with Gasteiger partial charge in [0, 0.05) is 23.8 Å². The first-order valence-corrected chi connectivity index (χ1v) is 8.54. The van der Waals surface area contributed by atoms with Crippen LogP contribution in [0.1, 0.15) is 30.7 Å². The van der Waals surface area contributed by atoms with Crippen LogP contribution in [0.2, 0.25) is 5.02 Å². The normalized spacial score (nSPS) is 15.8. The van der Waals surface area contributed by atoms with Crippen LogP contribution in [0.4, 0.5) is 0 Å². The van der Waals surface area contributed by atoms with Gasteiger partial charge in [0.05, 0.1) is 11.4 Å². The highest BCUT2D eigenvalue weighted by atomic mass is 35.5. The van der Waals surface area contributed by atoms with Crippen LogP contribution in [0.25, 0.3) is 5.69 Å². The van der Waals surface area contributed by atoms with Gasteiger partial charge in [0.1, 0.15) is 0 Å². The average Bonchev–Trinajstić information content (AvgIpc) is 2.95. The lowest BCUT2D eigenvalue weighted by Crippen LogP contribution is -2.32. The van der Waals surface area contributed by atoms with E-state index >= 15 is 0 Å². The monoisotopic (exact) mass is 331 g/mol. The number of hydrogen-bond donors (Lipinski definition) is 0. The topological polar surface area (TPSA) is 38.1 Å². The van der Waals surface area contributed by atoms with E-state index in [9.17, 15) is 4.79 Å². The second kappa shape index (κ2) is 7.18. The predicted octanol–water partition coefficient (Wildman–Crippen LogP) is 3.64. The van der Waals surface area contributed by atoms with E-state index in [2.05, 4.69) is 11.2 Å². The van der Waals surface area contributed by atoms with Crippen molar-refractivity contribution in [2.24, 2.45) is 5.92 Å². The number of halogens is 1. The molecule has 0 atom stereocenters. The Morgan fingerprint density at radius 2 is 1.96 bits per heavy atom. The molecule has 4 nitrogen and oxygen atoms in total. The maximum Gasteiger partial charge on any atom is 0.209 e. The van der Waals surface area contributed by atoms with Crippen LogP contribution >= 0.6 is 11.6 Å². The van der Waals surface area contributed by atoms with E-state index in [-0.39, 0.29) is 0 Å². The molecule has 0 spiro atoms. The second-order valence-electron chi connectivity index (χ2n) is 6.29. The highest BCUT2D eigenvalue weighted by molar-refractivity contribution is 6.30. The summed E-state index contributed by atoms with van der Waals surface area (Å²) in [7, 11) is 0. The Hall–Kier alpha value is -1.81. The Labute approximate surface area is 142 Å². The third kappa shape index (κ3) is 3.94. The van der Waals surface area contributed by atoms with Crippen LogP contribution in [0.15, 0.2) is 30.3 Å². The van der Waals surface area contributed by atoms with Gasteiger partial charge in [0.25, 0.3) is 0 Å². The fourth-order valence-corrected chi connectivity index (χ4v) is 3.36. The maximum absolute atomic E-state index is 10.8. The Bertz CT molecular complexity index is 657. The predicted molar refractivity (Wildman–Crippen MR) is 92.0 cm³/mol. The average molecular weight is 332 g/mol. The number of benzene rings is 1. The third-order valence-electron chi connectivity index (χ3n) is 4.58. The summed E-state index contributed by atoms with van der Waals surface area (Å²) in [5.74, 6) is 0.695. The van der Waals surface area contributed by atoms with Gasteiger partial charge in [-0.2, -0.15) is 5.10 Å². The summed E-state index contributed by atoms with van der Waals surface area (Å²) in [5.41, 5.74) is 3.32. The molecule has 1 aliphatic heterocycles. The molecular formula is C18H22ClN3O. The number of likely N-dealkylation sites (tertiary alicyclic amines) is 1. The maximum atomic E-state index is 10.8. The van der Waals surface area contributed by atoms with Crippen molar-refractivity contribution >= 4 is 18.0 Å². The van der Waals surface area contributed by atoms with E-state index in [4.69, 9.17) is 11.6 Å². The summed E-state index contributed by atoms with van der Waals surface area (Å²) >= 11 is 5.97. The van der Waals surface area contributed by atoms with Crippen molar-refractivity contribution in [2.45, 2.75) is 32.6 Å². The van der Waals surface area contributed by atoms with Gasteiger partial charge in [-0.1, -0.05) is 11.6 Å². The Morgan fingerprint density at radius 1 is 1.26 bits per heavy atom. The first-order chi connectivity index (χ1) is 11.2. The number of hydrogen-bond acceptors (Lipinski definition) is 2. The number of carbonyl (C=O) groups excluding carboxylic acids is 1. The van der Waals surface area contributed by atoms with Crippen LogP contribution in [-0.4, -0.2) is 34.2 Å². The van der Waals surface area contributed by atoms with E-state index < -0.39 is 0 Å². The molecule has 1 saturated heterocycles. The van der Waals surface area contributed by atoms with E-state index in [0.717, 1.165) is 61.6 Å². The van der Waals surface area contributed by atoms with Gasteiger partial charge in [0.2, 0.25) is 6.41 Å². The number of aryl methyl sites for hydroxylation is 2. The first kappa shape index (κ1) is 16.1. The minimum Gasteiger partial charge on any atom is -0.345 e. The molecule has 0 radical (unpaired) electrons.